The lowest BCUT2D eigenvalue weighted by atomic mass is 10.1. The molecule has 98 valence electrons. The summed E-state index contributed by atoms with van der Waals surface area (Å²) in [4.78, 5) is 13.7. The van der Waals surface area contributed by atoms with E-state index in [1.165, 1.54) is 13.0 Å². The molecule has 0 bridgehead atoms. The van der Waals surface area contributed by atoms with Gasteiger partial charge in [-0.25, -0.2) is 4.79 Å². The summed E-state index contributed by atoms with van der Waals surface area (Å²) in [5, 5.41) is 3.28. The Kier molecular flexibility index (Phi) is 6.22. The molecule has 1 saturated heterocycles. The van der Waals surface area contributed by atoms with Gasteiger partial charge in [0.15, 0.2) is 0 Å². The molecule has 0 spiro atoms. The molecule has 4 nitrogen and oxygen atoms in total. The van der Waals surface area contributed by atoms with Crippen molar-refractivity contribution in [1.82, 2.24) is 10.2 Å². The highest BCUT2D eigenvalue weighted by Gasteiger charge is 2.20. The van der Waals surface area contributed by atoms with Gasteiger partial charge in [0, 0.05) is 18.7 Å². The highest BCUT2D eigenvalue weighted by atomic mass is 16.5. The van der Waals surface area contributed by atoms with Crippen LogP contribution in [0.5, 0.6) is 0 Å². The van der Waals surface area contributed by atoms with Gasteiger partial charge in [0.05, 0.1) is 6.61 Å². The molecule has 0 amide bonds. The highest BCUT2D eigenvalue weighted by molar-refractivity contribution is 5.88. The van der Waals surface area contributed by atoms with Crippen LogP contribution < -0.4 is 5.32 Å². The van der Waals surface area contributed by atoms with Gasteiger partial charge in [-0.2, -0.15) is 0 Å². The van der Waals surface area contributed by atoms with Crippen LogP contribution in [0.25, 0.3) is 0 Å². The highest BCUT2D eigenvalue weighted by Crippen LogP contribution is 2.14. The molecule has 0 saturated carbocycles. The zero-order valence-electron chi connectivity index (χ0n) is 11.0. The van der Waals surface area contributed by atoms with Gasteiger partial charge in [0.1, 0.15) is 0 Å². The first-order chi connectivity index (χ1) is 8.17. The van der Waals surface area contributed by atoms with Crippen LogP contribution in [0.4, 0.5) is 0 Å². The van der Waals surface area contributed by atoms with Crippen LogP contribution in [0.3, 0.4) is 0 Å². The Morgan fingerprint density at radius 1 is 1.53 bits per heavy atom. The molecule has 0 aromatic heterocycles. The van der Waals surface area contributed by atoms with E-state index in [0.29, 0.717) is 24.6 Å². The van der Waals surface area contributed by atoms with Gasteiger partial charge in [-0.05, 0) is 38.9 Å². The van der Waals surface area contributed by atoms with Gasteiger partial charge in [-0.15, -0.1) is 0 Å². The molecule has 1 heterocycles. The van der Waals surface area contributed by atoms with Gasteiger partial charge in [-0.3, -0.25) is 0 Å². The molecule has 1 unspecified atom stereocenters. The second-order valence-electron chi connectivity index (χ2n) is 4.50. The molecule has 0 aliphatic carbocycles. The zero-order valence-corrected chi connectivity index (χ0v) is 11.0. The second kappa shape index (κ2) is 7.45. The van der Waals surface area contributed by atoms with Crippen molar-refractivity contribution in [2.45, 2.75) is 20.3 Å². The topological polar surface area (TPSA) is 41.6 Å². The van der Waals surface area contributed by atoms with E-state index in [-0.39, 0.29) is 5.97 Å². The number of likely N-dealkylation sites (tertiary alicyclic amines) is 1. The van der Waals surface area contributed by atoms with Crippen LogP contribution in [0.1, 0.15) is 20.3 Å². The van der Waals surface area contributed by atoms with Crippen LogP contribution in [0, 0.1) is 5.92 Å². The van der Waals surface area contributed by atoms with E-state index in [9.17, 15) is 4.79 Å². The minimum atomic E-state index is -0.290. The Balaban J connectivity index is 2.12. The zero-order chi connectivity index (χ0) is 12.7. The van der Waals surface area contributed by atoms with Crippen molar-refractivity contribution in [1.29, 1.82) is 0 Å². The van der Waals surface area contributed by atoms with Gasteiger partial charge in [0.25, 0.3) is 0 Å². The Morgan fingerprint density at radius 2 is 2.29 bits per heavy atom. The fourth-order valence-corrected chi connectivity index (χ4v) is 2.10. The van der Waals surface area contributed by atoms with E-state index in [0.717, 1.165) is 19.6 Å². The van der Waals surface area contributed by atoms with Crippen molar-refractivity contribution in [2.75, 3.05) is 39.3 Å². The number of nitrogens with zero attached hydrogens (tertiary/aromatic N) is 1. The van der Waals surface area contributed by atoms with Crippen LogP contribution in [0.2, 0.25) is 0 Å². The largest absolute Gasteiger partial charge is 0.463 e. The summed E-state index contributed by atoms with van der Waals surface area (Å²) in [5.74, 6) is 0.409. The predicted molar refractivity (Wildman–Crippen MR) is 68.9 cm³/mol. The molecular weight excluding hydrogens is 216 g/mol. The summed E-state index contributed by atoms with van der Waals surface area (Å²) in [7, 11) is 0. The molecule has 1 fully saturated rings. The summed E-state index contributed by atoms with van der Waals surface area (Å²) >= 11 is 0. The number of nitrogens with one attached hydrogen (secondary N) is 1. The normalized spacial score (nSPS) is 20.5. The van der Waals surface area contributed by atoms with Gasteiger partial charge >= 0.3 is 5.97 Å². The van der Waals surface area contributed by atoms with Gasteiger partial charge < -0.3 is 15.0 Å². The van der Waals surface area contributed by atoms with E-state index < -0.39 is 0 Å². The molecule has 0 aromatic carbocycles. The number of esters is 1. The number of carbonyl (C=O) groups is 1. The third kappa shape index (κ3) is 4.88. The maximum absolute atomic E-state index is 11.3. The number of hydrogen-bond acceptors (Lipinski definition) is 4. The van der Waals surface area contributed by atoms with Crippen molar-refractivity contribution in [2.24, 2.45) is 5.92 Å². The smallest absolute Gasteiger partial charge is 0.334 e. The first-order valence-electron chi connectivity index (χ1n) is 6.45. The van der Waals surface area contributed by atoms with E-state index in [4.69, 9.17) is 4.74 Å². The minimum Gasteiger partial charge on any atom is -0.463 e. The van der Waals surface area contributed by atoms with Crippen molar-refractivity contribution < 1.29 is 9.53 Å². The van der Waals surface area contributed by atoms with Crippen molar-refractivity contribution in [3.63, 3.8) is 0 Å². The number of rotatable bonds is 7. The summed E-state index contributed by atoms with van der Waals surface area (Å²) < 4.78 is 4.87. The maximum Gasteiger partial charge on any atom is 0.334 e. The van der Waals surface area contributed by atoms with E-state index in [2.05, 4.69) is 23.7 Å². The molecule has 0 aromatic rings. The van der Waals surface area contributed by atoms with Crippen molar-refractivity contribution in [3.8, 4) is 0 Å². The summed E-state index contributed by atoms with van der Waals surface area (Å²) in [6.07, 6.45) is 1.24. The average Bonchev–Trinajstić information content (AvgIpc) is 2.77. The Labute approximate surface area is 104 Å². The summed E-state index contributed by atoms with van der Waals surface area (Å²) in [6, 6.07) is 0. The van der Waals surface area contributed by atoms with Crippen molar-refractivity contribution >= 4 is 5.97 Å². The predicted octanol–water partition coefficient (Wildman–Crippen LogP) is 1.04. The number of hydrogen-bond donors (Lipinski definition) is 1. The van der Waals surface area contributed by atoms with Gasteiger partial charge in [0.2, 0.25) is 0 Å². The third-order valence-electron chi connectivity index (χ3n) is 3.15. The molecule has 1 aliphatic rings. The molecular formula is C13H24N2O2. The fourth-order valence-electron chi connectivity index (χ4n) is 2.10. The molecule has 1 aliphatic heterocycles. The molecule has 4 heteroatoms. The standard InChI is InChI=1S/C13H24N2O2/c1-4-15-7-6-12(10-15)9-14-8-11(3)13(16)17-5-2/h12,14H,3-10H2,1-2H3. The molecule has 1 N–H and O–H groups in total. The molecule has 1 atom stereocenters. The van der Waals surface area contributed by atoms with Crippen LogP contribution in [0.15, 0.2) is 12.2 Å². The van der Waals surface area contributed by atoms with Crippen LogP contribution in [-0.4, -0.2) is 50.2 Å². The Bertz CT molecular complexity index is 266. The quantitative estimate of drug-likeness (QED) is 0.533. The van der Waals surface area contributed by atoms with E-state index in [1.54, 1.807) is 6.92 Å². The average molecular weight is 240 g/mol. The van der Waals surface area contributed by atoms with Crippen LogP contribution in [-0.2, 0) is 9.53 Å². The lowest BCUT2D eigenvalue weighted by Crippen LogP contribution is -2.29. The SMILES string of the molecule is C=C(CNCC1CCN(CC)C1)C(=O)OCC. The maximum atomic E-state index is 11.3. The number of carbonyl (C=O) groups excluding carboxylic acids is 1. The Hall–Kier alpha value is -0.870. The number of ether oxygens (including phenoxy) is 1. The van der Waals surface area contributed by atoms with Crippen molar-refractivity contribution in [3.05, 3.63) is 12.2 Å². The first kappa shape index (κ1) is 14.2. The monoisotopic (exact) mass is 240 g/mol. The second-order valence-corrected chi connectivity index (χ2v) is 4.50. The lowest BCUT2D eigenvalue weighted by molar-refractivity contribution is -0.138. The van der Waals surface area contributed by atoms with Gasteiger partial charge in [-0.1, -0.05) is 13.5 Å². The molecule has 1 rings (SSSR count). The third-order valence-corrected chi connectivity index (χ3v) is 3.15. The van der Waals surface area contributed by atoms with E-state index in [1.807, 2.05) is 0 Å². The molecule has 0 radical (unpaired) electrons. The van der Waals surface area contributed by atoms with E-state index >= 15 is 0 Å². The molecule has 17 heavy (non-hydrogen) atoms. The first-order valence-corrected chi connectivity index (χ1v) is 6.45. The Morgan fingerprint density at radius 3 is 2.88 bits per heavy atom. The van der Waals surface area contributed by atoms with Crippen LogP contribution >= 0.6 is 0 Å². The summed E-state index contributed by atoms with van der Waals surface area (Å²) in [6.45, 7) is 13.1. The summed E-state index contributed by atoms with van der Waals surface area (Å²) in [5.41, 5.74) is 0.511. The minimum absolute atomic E-state index is 0.290. The fraction of sp³-hybridized carbons (Fsp3) is 0.769. The lowest BCUT2D eigenvalue weighted by Gasteiger charge is -2.14.